The van der Waals surface area contributed by atoms with E-state index in [1.54, 1.807) is 0 Å². The lowest BCUT2D eigenvalue weighted by atomic mass is 9.64. The largest absolute Gasteiger partial charge is 0.331 e. The monoisotopic (exact) mass is 750 g/mol. The Balaban J connectivity index is 1.03. The molecular formula is C56H50N2. The molecule has 2 nitrogen and oxygen atoms in total. The third-order valence-electron chi connectivity index (χ3n) is 14.2. The van der Waals surface area contributed by atoms with E-state index < -0.39 is 0 Å². The Kier molecular flexibility index (Phi) is 7.83. The zero-order valence-corrected chi connectivity index (χ0v) is 34.1. The second-order valence-corrected chi connectivity index (χ2v) is 17.7. The number of para-hydroxylation sites is 2. The summed E-state index contributed by atoms with van der Waals surface area (Å²) in [5, 5.41) is 5.12. The molecule has 2 atom stereocenters. The van der Waals surface area contributed by atoms with Crippen LogP contribution >= 0.6 is 0 Å². The van der Waals surface area contributed by atoms with Crippen LogP contribution < -0.4 is 9.80 Å². The van der Waals surface area contributed by atoms with E-state index in [9.17, 15) is 0 Å². The first kappa shape index (κ1) is 35.1. The van der Waals surface area contributed by atoms with Crippen LogP contribution in [0.4, 0.5) is 22.7 Å². The minimum absolute atomic E-state index is 0.133. The summed E-state index contributed by atoms with van der Waals surface area (Å²) in [4.78, 5) is 5.33. The first-order valence-corrected chi connectivity index (χ1v) is 21.4. The molecule has 0 fully saturated rings. The van der Waals surface area contributed by atoms with Crippen LogP contribution in [0.3, 0.4) is 0 Å². The third-order valence-corrected chi connectivity index (χ3v) is 14.2. The van der Waals surface area contributed by atoms with Gasteiger partial charge in [-0.1, -0.05) is 155 Å². The molecule has 3 aliphatic carbocycles. The molecule has 0 bridgehead atoms. The van der Waals surface area contributed by atoms with E-state index in [-0.39, 0.29) is 16.5 Å². The van der Waals surface area contributed by atoms with Crippen molar-refractivity contribution in [2.24, 2.45) is 0 Å². The van der Waals surface area contributed by atoms with E-state index in [1.807, 2.05) is 0 Å². The van der Waals surface area contributed by atoms with Crippen LogP contribution in [0.5, 0.6) is 0 Å². The Morgan fingerprint density at radius 3 is 1.33 bits per heavy atom. The van der Waals surface area contributed by atoms with Crippen molar-refractivity contribution in [3.63, 3.8) is 0 Å². The first-order chi connectivity index (χ1) is 28.3. The van der Waals surface area contributed by atoms with Crippen LogP contribution in [0, 0.1) is 0 Å². The third kappa shape index (κ3) is 4.97. The fourth-order valence-electron chi connectivity index (χ4n) is 11.4. The summed E-state index contributed by atoms with van der Waals surface area (Å²) in [5.41, 5.74) is 16.4. The highest BCUT2D eigenvalue weighted by molar-refractivity contribution is 5.90. The number of hydrogen-bond donors (Lipinski definition) is 0. The number of fused-ring (bicyclic) bond motifs is 7. The first-order valence-electron chi connectivity index (χ1n) is 21.4. The minimum atomic E-state index is -0.143. The average molecular weight is 751 g/mol. The van der Waals surface area contributed by atoms with Gasteiger partial charge in [-0.25, -0.2) is 0 Å². The van der Waals surface area contributed by atoms with E-state index in [0.29, 0.717) is 0 Å². The molecule has 0 heterocycles. The molecular weight excluding hydrogens is 701 g/mol. The van der Waals surface area contributed by atoms with Crippen molar-refractivity contribution < 1.29 is 0 Å². The van der Waals surface area contributed by atoms with Crippen LogP contribution in [0.1, 0.15) is 80.3 Å². The van der Waals surface area contributed by atoms with Crippen molar-refractivity contribution in [3.8, 4) is 11.1 Å². The van der Waals surface area contributed by atoms with E-state index >= 15 is 0 Å². The Bertz CT molecular complexity index is 2890. The van der Waals surface area contributed by atoms with Gasteiger partial charge in [0.25, 0.3) is 0 Å². The molecule has 0 radical (unpaired) electrons. The Morgan fingerprint density at radius 2 is 0.845 bits per heavy atom. The van der Waals surface area contributed by atoms with Gasteiger partial charge in [0.2, 0.25) is 0 Å². The van der Waals surface area contributed by atoms with Gasteiger partial charge in [-0.2, -0.15) is 0 Å². The van der Waals surface area contributed by atoms with Gasteiger partial charge in [-0.15, -0.1) is 0 Å². The average Bonchev–Trinajstić information content (AvgIpc) is 3.46. The van der Waals surface area contributed by atoms with Gasteiger partial charge in [-0.3, -0.25) is 0 Å². The van der Waals surface area contributed by atoms with Crippen LogP contribution in [-0.4, -0.2) is 0 Å². The molecule has 0 amide bonds. The van der Waals surface area contributed by atoms with Crippen molar-refractivity contribution in [2.75, 3.05) is 9.80 Å². The molecule has 8 aromatic rings. The molecule has 2 unspecified atom stereocenters. The van der Waals surface area contributed by atoms with E-state index in [0.717, 1.165) is 32.1 Å². The molecule has 2 heteroatoms. The molecule has 0 spiro atoms. The van der Waals surface area contributed by atoms with Crippen LogP contribution in [0.15, 0.2) is 170 Å². The number of benzene rings is 8. The van der Waals surface area contributed by atoms with E-state index in [1.165, 1.54) is 88.8 Å². The molecule has 0 aliphatic heterocycles. The van der Waals surface area contributed by atoms with Crippen molar-refractivity contribution in [2.45, 2.75) is 76.3 Å². The maximum atomic E-state index is 2.68. The molecule has 0 saturated heterocycles. The normalized spacial score (nSPS) is 19.4. The molecule has 0 aromatic heterocycles. The van der Waals surface area contributed by atoms with Gasteiger partial charge in [0.05, 0.1) is 11.1 Å². The molecule has 3 aliphatic rings. The van der Waals surface area contributed by atoms with Crippen molar-refractivity contribution >= 4 is 44.3 Å². The number of anilines is 4. The Labute approximate surface area is 343 Å². The highest BCUT2D eigenvalue weighted by Gasteiger charge is 2.52. The van der Waals surface area contributed by atoms with Crippen molar-refractivity contribution in [1.82, 2.24) is 0 Å². The number of nitrogens with zero attached hydrogens (tertiary/aromatic N) is 2. The SMILES string of the molecule is CCCC1(N(c2ccccc2)c2ccc3ccccc3c2)Cc2cc3c(cc21)C(C)(C)c1cc2c(cc1-3)CC2(CC)N(c1ccccc1)c1ccc2ccccc2c1. The lowest BCUT2D eigenvalue weighted by Gasteiger charge is -2.53. The summed E-state index contributed by atoms with van der Waals surface area (Å²) < 4.78 is 0. The van der Waals surface area contributed by atoms with E-state index in [2.05, 4.69) is 207 Å². The van der Waals surface area contributed by atoms with E-state index in [4.69, 9.17) is 0 Å². The summed E-state index contributed by atoms with van der Waals surface area (Å²) >= 11 is 0. The summed E-state index contributed by atoms with van der Waals surface area (Å²) in [6.45, 7) is 9.68. The van der Waals surface area contributed by atoms with Gasteiger partial charge in [0.15, 0.2) is 0 Å². The topological polar surface area (TPSA) is 6.48 Å². The number of rotatable bonds is 9. The Morgan fingerprint density at radius 1 is 0.414 bits per heavy atom. The molecule has 11 rings (SSSR count). The van der Waals surface area contributed by atoms with Crippen molar-refractivity contribution in [1.29, 1.82) is 0 Å². The zero-order valence-electron chi connectivity index (χ0n) is 34.1. The minimum Gasteiger partial charge on any atom is -0.331 e. The van der Waals surface area contributed by atoms with Crippen LogP contribution in [0.2, 0.25) is 0 Å². The quantitative estimate of drug-likeness (QED) is 0.145. The maximum absolute atomic E-state index is 2.68. The van der Waals surface area contributed by atoms with Crippen LogP contribution in [-0.2, 0) is 29.3 Å². The summed E-state index contributed by atoms with van der Waals surface area (Å²) in [5.74, 6) is 0. The fourth-order valence-corrected chi connectivity index (χ4v) is 11.4. The van der Waals surface area contributed by atoms with Crippen LogP contribution in [0.25, 0.3) is 32.7 Å². The van der Waals surface area contributed by atoms with Gasteiger partial charge >= 0.3 is 0 Å². The summed E-state index contributed by atoms with van der Waals surface area (Å²) in [6.07, 6.45) is 5.27. The predicted octanol–water partition coefficient (Wildman–Crippen LogP) is 14.7. The molecule has 0 N–H and O–H groups in total. The lowest BCUT2D eigenvalue weighted by molar-refractivity contribution is 0.344. The summed E-state index contributed by atoms with van der Waals surface area (Å²) in [7, 11) is 0. The summed E-state index contributed by atoms with van der Waals surface area (Å²) in [6, 6.07) is 64.2. The van der Waals surface area contributed by atoms with Gasteiger partial charge < -0.3 is 9.80 Å². The fraction of sp³-hybridized carbons (Fsp3) is 0.214. The molecule has 8 aromatic carbocycles. The maximum Gasteiger partial charge on any atom is 0.0745 e. The van der Waals surface area contributed by atoms with Crippen molar-refractivity contribution in [3.05, 3.63) is 203 Å². The number of hydrogen-bond acceptors (Lipinski definition) is 2. The lowest BCUT2D eigenvalue weighted by Crippen LogP contribution is -2.52. The molecule has 284 valence electrons. The molecule has 0 saturated carbocycles. The Hall–Kier alpha value is -6.12. The van der Waals surface area contributed by atoms with Gasteiger partial charge in [0.1, 0.15) is 0 Å². The smallest absolute Gasteiger partial charge is 0.0745 e. The predicted molar refractivity (Wildman–Crippen MR) is 245 cm³/mol. The second kappa shape index (κ2) is 12.9. The van der Waals surface area contributed by atoms with Gasteiger partial charge in [0, 0.05) is 41.0 Å². The molecule has 58 heavy (non-hydrogen) atoms. The second-order valence-electron chi connectivity index (χ2n) is 17.7. The highest BCUT2D eigenvalue weighted by atomic mass is 15.2. The zero-order chi connectivity index (χ0) is 39.2. The van der Waals surface area contributed by atoms with Gasteiger partial charge in [-0.05, 0) is 127 Å². The standard InChI is InChI=1S/C56H50N2/c1-5-29-56(58(45-23-11-8-12-24-45)47-28-26-39-18-14-16-20-41(39)31-47)37-43-33-49-48-32-42-36-55(6-2,50(42)34-52(48)54(3,4)53(49)35-51(43)56)57(44-21-9-7-10-22-44)46-27-25-38-17-13-15-19-40(38)30-46/h7-28,30-35H,5-6,29,36-37H2,1-4H3. The highest BCUT2D eigenvalue weighted by Crippen LogP contribution is 2.60.